The van der Waals surface area contributed by atoms with Gasteiger partial charge in [-0.2, -0.15) is 0 Å². The zero-order chi connectivity index (χ0) is 12.8. The van der Waals surface area contributed by atoms with Crippen molar-refractivity contribution in [3.63, 3.8) is 0 Å². The predicted octanol–water partition coefficient (Wildman–Crippen LogP) is 2.62. The van der Waals surface area contributed by atoms with Crippen molar-refractivity contribution >= 4 is 15.9 Å². The Hall–Kier alpha value is -1.13. The Balaban J connectivity index is 2.11. The van der Waals surface area contributed by atoms with E-state index >= 15 is 0 Å². The van der Waals surface area contributed by atoms with Gasteiger partial charge < -0.3 is 9.67 Å². The number of hydrogen-bond acceptors (Lipinski definition) is 2. The minimum atomic E-state index is -0.222. The lowest BCUT2D eigenvalue weighted by Crippen LogP contribution is -2.47. The van der Waals surface area contributed by atoms with Crippen molar-refractivity contribution in [2.75, 3.05) is 0 Å². The smallest absolute Gasteiger partial charge is 0.119 e. The molecule has 0 saturated heterocycles. The third-order valence-electron chi connectivity index (χ3n) is 3.79. The molecule has 1 fully saturated rings. The SMILES string of the molecule is Cn1ccnc1[C@]1(c2cccc(Br)c2)C[C@H](O)C1. The molecule has 0 spiro atoms. The summed E-state index contributed by atoms with van der Waals surface area (Å²) in [5.74, 6) is 1.03. The highest BCUT2D eigenvalue weighted by Crippen LogP contribution is 2.48. The van der Waals surface area contributed by atoms with Gasteiger partial charge in [-0.1, -0.05) is 28.1 Å². The monoisotopic (exact) mass is 306 g/mol. The maximum absolute atomic E-state index is 9.76. The van der Waals surface area contributed by atoms with E-state index in [1.807, 2.05) is 36.1 Å². The third-order valence-corrected chi connectivity index (χ3v) is 4.29. The van der Waals surface area contributed by atoms with Crippen molar-refractivity contribution in [3.05, 3.63) is 52.5 Å². The normalized spacial score (nSPS) is 26.9. The summed E-state index contributed by atoms with van der Waals surface area (Å²) in [5.41, 5.74) is 1.08. The highest BCUT2D eigenvalue weighted by molar-refractivity contribution is 9.10. The van der Waals surface area contributed by atoms with Gasteiger partial charge in [0.05, 0.1) is 11.5 Å². The fraction of sp³-hybridized carbons (Fsp3) is 0.357. The van der Waals surface area contributed by atoms with Gasteiger partial charge in [0.25, 0.3) is 0 Å². The quantitative estimate of drug-likeness (QED) is 0.926. The number of hydrogen-bond donors (Lipinski definition) is 1. The van der Waals surface area contributed by atoms with Gasteiger partial charge in [-0.05, 0) is 30.5 Å². The van der Waals surface area contributed by atoms with Crippen LogP contribution in [-0.4, -0.2) is 20.8 Å². The lowest BCUT2D eigenvalue weighted by molar-refractivity contribution is 0.0324. The summed E-state index contributed by atoms with van der Waals surface area (Å²) in [4.78, 5) is 4.49. The van der Waals surface area contributed by atoms with Crippen LogP contribution in [0.5, 0.6) is 0 Å². The molecule has 3 rings (SSSR count). The molecular weight excluding hydrogens is 292 g/mol. The number of aromatic nitrogens is 2. The van der Waals surface area contributed by atoms with Crippen LogP contribution >= 0.6 is 15.9 Å². The number of imidazole rings is 1. The minimum absolute atomic E-state index is 0.137. The molecule has 0 atom stereocenters. The number of nitrogens with zero attached hydrogens (tertiary/aromatic N) is 2. The molecule has 0 bridgehead atoms. The second-order valence-corrected chi connectivity index (χ2v) is 5.93. The largest absolute Gasteiger partial charge is 0.393 e. The van der Waals surface area contributed by atoms with Gasteiger partial charge in [0.2, 0.25) is 0 Å². The zero-order valence-electron chi connectivity index (χ0n) is 10.2. The molecule has 94 valence electrons. The van der Waals surface area contributed by atoms with E-state index < -0.39 is 0 Å². The lowest BCUT2D eigenvalue weighted by atomic mass is 9.62. The van der Waals surface area contributed by atoms with Crippen LogP contribution in [0, 0.1) is 0 Å². The Morgan fingerprint density at radius 2 is 2.22 bits per heavy atom. The Kier molecular flexibility index (Phi) is 2.79. The number of benzene rings is 1. The van der Waals surface area contributed by atoms with Crippen LogP contribution in [0.25, 0.3) is 0 Å². The predicted molar refractivity (Wildman–Crippen MR) is 73.4 cm³/mol. The molecule has 1 saturated carbocycles. The van der Waals surface area contributed by atoms with E-state index in [1.165, 1.54) is 5.56 Å². The van der Waals surface area contributed by atoms with Gasteiger partial charge in [-0.25, -0.2) is 4.98 Å². The van der Waals surface area contributed by atoms with E-state index in [0.29, 0.717) is 0 Å². The summed E-state index contributed by atoms with van der Waals surface area (Å²) in [6.07, 6.45) is 5.04. The molecule has 1 aromatic carbocycles. The maximum atomic E-state index is 9.76. The fourth-order valence-electron chi connectivity index (χ4n) is 2.90. The first-order valence-corrected chi connectivity index (χ1v) is 6.83. The minimum Gasteiger partial charge on any atom is -0.393 e. The summed E-state index contributed by atoms with van der Waals surface area (Å²) in [5, 5.41) is 9.76. The van der Waals surface area contributed by atoms with Gasteiger partial charge in [0, 0.05) is 23.9 Å². The third kappa shape index (κ3) is 1.71. The maximum Gasteiger partial charge on any atom is 0.119 e. The fourth-order valence-corrected chi connectivity index (χ4v) is 3.30. The Morgan fingerprint density at radius 1 is 1.44 bits per heavy atom. The summed E-state index contributed by atoms with van der Waals surface area (Å²) in [6, 6.07) is 8.30. The highest BCUT2D eigenvalue weighted by Gasteiger charge is 2.48. The molecule has 1 N–H and O–H groups in total. The second kappa shape index (κ2) is 4.21. The number of aryl methyl sites for hydroxylation is 1. The Morgan fingerprint density at radius 3 is 2.78 bits per heavy atom. The molecule has 18 heavy (non-hydrogen) atoms. The molecule has 2 aromatic rings. The topological polar surface area (TPSA) is 38.0 Å². The Labute approximate surface area is 115 Å². The van der Waals surface area contributed by atoms with E-state index in [4.69, 9.17) is 0 Å². The van der Waals surface area contributed by atoms with Crippen molar-refractivity contribution in [2.45, 2.75) is 24.4 Å². The highest BCUT2D eigenvalue weighted by atomic mass is 79.9. The summed E-state index contributed by atoms with van der Waals surface area (Å²) >= 11 is 3.52. The lowest BCUT2D eigenvalue weighted by Gasteiger charge is -2.45. The van der Waals surface area contributed by atoms with E-state index in [-0.39, 0.29) is 11.5 Å². The van der Waals surface area contributed by atoms with Gasteiger partial charge in [-0.3, -0.25) is 0 Å². The molecule has 0 radical (unpaired) electrons. The van der Waals surface area contributed by atoms with Gasteiger partial charge in [0.1, 0.15) is 5.82 Å². The zero-order valence-corrected chi connectivity index (χ0v) is 11.8. The molecule has 0 unspecified atom stereocenters. The first-order valence-electron chi connectivity index (χ1n) is 6.04. The Bertz CT molecular complexity index is 573. The van der Waals surface area contributed by atoms with Crippen LogP contribution in [0.1, 0.15) is 24.2 Å². The van der Waals surface area contributed by atoms with Crippen molar-refractivity contribution in [3.8, 4) is 0 Å². The molecule has 1 aromatic heterocycles. The summed E-state index contributed by atoms with van der Waals surface area (Å²) < 4.78 is 3.11. The van der Waals surface area contributed by atoms with E-state index in [2.05, 4.69) is 33.0 Å². The van der Waals surface area contributed by atoms with Crippen LogP contribution in [0.2, 0.25) is 0 Å². The first kappa shape index (κ1) is 11.9. The number of aliphatic hydroxyl groups excluding tert-OH is 1. The molecule has 0 aliphatic heterocycles. The molecule has 4 heteroatoms. The average Bonchev–Trinajstić information content (AvgIpc) is 2.71. The van der Waals surface area contributed by atoms with E-state index in [9.17, 15) is 5.11 Å². The van der Waals surface area contributed by atoms with Crippen molar-refractivity contribution in [1.82, 2.24) is 9.55 Å². The molecule has 1 heterocycles. The van der Waals surface area contributed by atoms with Gasteiger partial charge in [-0.15, -0.1) is 0 Å². The number of aliphatic hydroxyl groups is 1. The second-order valence-electron chi connectivity index (χ2n) is 5.02. The molecular formula is C14H15BrN2O. The molecule has 1 aliphatic rings. The van der Waals surface area contributed by atoms with Crippen LogP contribution in [0.4, 0.5) is 0 Å². The molecule has 1 aliphatic carbocycles. The van der Waals surface area contributed by atoms with Crippen LogP contribution < -0.4 is 0 Å². The van der Waals surface area contributed by atoms with Gasteiger partial charge >= 0.3 is 0 Å². The van der Waals surface area contributed by atoms with Gasteiger partial charge in [0.15, 0.2) is 0 Å². The van der Waals surface area contributed by atoms with Crippen LogP contribution in [0.15, 0.2) is 41.1 Å². The summed E-state index contributed by atoms with van der Waals surface area (Å²) in [7, 11) is 2.01. The average molecular weight is 307 g/mol. The van der Waals surface area contributed by atoms with E-state index in [1.54, 1.807) is 0 Å². The summed E-state index contributed by atoms with van der Waals surface area (Å²) in [6.45, 7) is 0. The number of halogens is 1. The van der Waals surface area contributed by atoms with E-state index in [0.717, 1.165) is 23.1 Å². The molecule has 3 nitrogen and oxygen atoms in total. The van der Waals surface area contributed by atoms with Crippen molar-refractivity contribution < 1.29 is 5.11 Å². The van der Waals surface area contributed by atoms with Crippen molar-refractivity contribution in [1.29, 1.82) is 0 Å². The van der Waals surface area contributed by atoms with Crippen LogP contribution in [0.3, 0.4) is 0 Å². The standard InChI is InChI=1S/C14H15BrN2O/c1-17-6-5-16-13(17)14(8-12(18)9-14)10-3-2-4-11(15)7-10/h2-7,12,18H,8-9H2,1H3/t12-,14+. The number of rotatable bonds is 2. The van der Waals surface area contributed by atoms with Crippen molar-refractivity contribution in [2.24, 2.45) is 7.05 Å². The first-order chi connectivity index (χ1) is 8.62. The van der Waals surface area contributed by atoms with Crippen LogP contribution in [-0.2, 0) is 12.5 Å². The molecule has 0 amide bonds.